The van der Waals surface area contributed by atoms with Crippen LogP contribution in [0.3, 0.4) is 0 Å². The Morgan fingerprint density at radius 3 is 2.70 bits per heavy atom. The van der Waals surface area contributed by atoms with Crippen molar-refractivity contribution >= 4 is 35.4 Å². The minimum absolute atomic E-state index is 0.142. The highest BCUT2D eigenvalue weighted by atomic mass is 32.2. The van der Waals surface area contributed by atoms with E-state index in [2.05, 4.69) is 27.0 Å². The minimum Gasteiger partial charge on any atom is -0.378 e. The first kappa shape index (κ1) is 22.0. The van der Waals surface area contributed by atoms with Gasteiger partial charge in [0.05, 0.1) is 4.92 Å². The number of hydrogen-bond donors (Lipinski definition) is 1. The summed E-state index contributed by atoms with van der Waals surface area (Å²) in [4.78, 5) is 34.6. The largest absolute Gasteiger partial charge is 0.378 e. The standard InChI is InChI=1S/C20H26N6O3S/c1-30-20-22-18(21)17(26(28)29)19(23-20)25(10-5-11-27)14-16-7-4-6-15(12-16)13-24-8-2-3-9-24/h4,6-7,11-12H,2-3,5,8-10,13-14H2,1H3,(H2,21,22,23). The molecular formula is C20H26N6O3S. The van der Waals surface area contributed by atoms with Crippen LogP contribution in [0.25, 0.3) is 0 Å². The van der Waals surface area contributed by atoms with E-state index >= 15 is 0 Å². The van der Waals surface area contributed by atoms with Crippen LogP contribution >= 0.6 is 11.8 Å². The Morgan fingerprint density at radius 2 is 2.03 bits per heavy atom. The maximum absolute atomic E-state index is 11.7. The van der Waals surface area contributed by atoms with Crippen molar-refractivity contribution in [2.24, 2.45) is 0 Å². The van der Waals surface area contributed by atoms with Gasteiger partial charge < -0.3 is 15.4 Å². The average Bonchev–Trinajstić information content (AvgIpc) is 3.23. The second-order valence-electron chi connectivity index (χ2n) is 7.20. The molecule has 2 N–H and O–H groups in total. The fraction of sp³-hybridized carbons (Fsp3) is 0.450. The number of aldehydes is 1. The third-order valence-electron chi connectivity index (χ3n) is 5.02. The van der Waals surface area contributed by atoms with Crippen molar-refractivity contribution in [3.63, 3.8) is 0 Å². The molecule has 1 fully saturated rings. The molecular weight excluding hydrogens is 404 g/mol. The van der Waals surface area contributed by atoms with E-state index in [0.29, 0.717) is 18.2 Å². The Kier molecular flexibility index (Phi) is 7.58. The van der Waals surface area contributed by atoms with E-state index in [9.17, 15) is 14.9 Å². The van der Waals surface area contributed by atoms with Crippen LogP contribution in [0.1, 0.15) is 30.4 Å². The number of nitrogen functional groups attached to an aromatic ring is 1. The molecule has 0 radical (unpaired) electrons. The first-order chi connectivity index (χ1) is 14.5. The van der Waals surface area contributed by atoms with Crippen LogP contribution < -0.4 is 10.6 Å². The van der Waals surface area contributed by atoms with Crippen molar-refractivity contribution < 1.29 is 9.72 Å². The molecule has 1 saturated heterocycles. The topological polar surface area (TPSA) is 118 Å². The number of carbonyl (C=O) groups excluding carboxylic acids is 1. The summed E-state index contributed by atoms with van der Waals surface area (Å²) < 4.78 is 0. The number of nitrogens with zero attached hydrogens (tertiary/aromatic N) is 5. The maximum Gasteiger partial charge on any atom is 0.353 e. The van der Waals surface area contributed by atoms with Crippen molar-refractivity contribution in [2.45, 2.75) is 37.5 Å². The monoisotopic (exact) mass is 430 g/mol. The van der Waals surface area contributed by atoms with Gasteiger partial charge in [-0.1, -0.05) is 36.0 Å². The number of nitrogens with two attached hydrogens (primary N) is 1. The molecule has 1 aromatic carbocycles. The van der Waals surface area contributed by atoms with Crippen LogP contribution in [-0.4, -0.2) is 52.0 Å². The van der Waals surface area contributed by atoms with Crippen LogP contribution in [0.15, 0.2) is 29.4 Å². The van der Waals surface area contributed by atoms with Gasteiger partial charge in [-0.05, 0) is 43.3 Å². The van der Waals surface area contributed by atoms with Crippen LogP contribution in [0.2, 0.25) is 0 Å². The molecule has 9 nitrogen and oxygen atoms in total. The molecule has 0 unspecified atom stereocenters. The lowest BCUT2D eigenvalue weighted by Crippen LogP contribution is -2.27. The first-order valence-electron chi connectivity index (χ1n) is 9.86. The Hall–Kier alpha value is -2.72. The minimum atomic E-state index is -0.563. The van der Waals surface area contributed by atoms with E-state index in [1.54, 1.807) is 11.2 Å². The van der Waals surface area contributed by atoms with Gasteiger partial charge in [-0.25, -0.2) is 0 Å². The van der Waals surface area contributed by atoms with E-state index in [4.69, 9.17) is 5.73 Å². The van der Waals surface area contributed by atoms with Crippen molar-refractivity contribution in [1.82, 2.24) is 14.9 Å². The zero-order chi connectivity index (χ0) is 21.5. The molecule has 3 rings (SSSR count). The number of likely N-dealkylation sites (tertiary alicyclic amines) is 1. The molecule has 2 heterocycles. The smallest absolute Gasteiger partial charge is 0.353 e. The average molecular weight is 431 g/mol. The van der Waals surface area contributed by atoms with Gasteiger partial charge in [-0.15, -0.1) is 0 Å². The summed E-state index contributed by atoms with van der Waals surface area (Å²) in [5.74, 6) is -0.0307. The molecule has 0 bridgehead atoms. The Morgan fingerprint density at radius 1 is 1.30 bits per heavy atom. The maximum atomic E-state index is 11.7. The van der Waals surface area contributed by atoms with Crippen LogP contribution in [0.4, 0.5) is 17.3 Å². The van der Waals surface area contributed by atoms with E-state index in [0.717, 1.165) is 31.5 Å². The molecule has 1 aliphatic rings. The molecule has 2 aromatic rings. The normalized spacial score (nSPS) is 14.0. The third kappa shape index (κ3) is 5.45. The molecule has 30 heavy (non-hydrogen) atoms. The number of thioether (sulfide) groups is 1. The zero-order valence-electron chi connectivity index (χ0n) is 17.0. The van der Waals surface area contributed by atoms with Gasteiger partial charge in [-0.2, -0.15) is 9.97 Å². The first-order valence-corrected chi connectivity index (χ1v) is 11.1. The molecule has 160 valence electrons. The van der Waals surface area contributed by atoms with Crippen LogP contribution in [0.5, 0.6) is 0 Å². The van der Waals surface area contributed by atoms with Crippen LogP contribution in [0, 0.1) is 10.1 Å². The van der Waals surface area contributed by atoms with Crippen molar-refractivity contribution in [2.75, 3.05) is 36.5 Å². The predicted molar refractivity (Wildman–Crippen MR) is 118 cm³/mol. The van der Waals surface area contributed by atoms with Gasteiger partial charge >= 0.3 is 5.69 Å². The molecule has 0 spiro atoms. The predicted octanol–water partition coefficient (Wildman–Crippen LogP) is 2.88. The molecule has 10 heteroatoms. The highest BCUT2D eigenvalue weighted by Gasteiger charge is 2.27. The zero-order valence-corrected chi connectivity index (χ0v) is 17.8. The fourth-order valence-electron chi connectivity index (χ4n) is 3.64. The van der Waals surface area contributed by atoms with Gasteiger partial charge in [0.25, 0.3) is 0 Å². The lowest BCUT2D eigenvalue weighted by atomic mass is 10.1. The lowest BCUT2D eigenvalue weighted by molar-refractivity contribution is -0.383. The molecule has 0 atom stereocenters. The quantitative estimate of drug-likeness (QED) is 0.199. The van der Waals surface area contributed by atoms with E-state index in [1.165, 1.54) is 30.2 Å². The number of benzene rings is 1. The second-order valence-corrected chi connectivity index (χ2v) is 7.98. The SMILES string of the molecule is CSc1nc(N)c([N+](=O)[O-])c(N(CCC=O)Cc2cccc(CN3CCCC3)c2)n1. The van der Waals surface area contributed by atoms with E-state index < -0.39 is 4.92 Å². The number of anilines is 2. The van der Waals surface area contributed by atoms with Crippen molar-refractivity contribution in [3.05, 3.63) is 45.5 Å². The Labute approximate surface area is 179 Å². The van der Waals surface area contributed by atoms with E-state index in [1.807, 2.05) is 12.1 Å². The summed E-state index contributed by atoms with van der Waals surface area (Å²) in [5, 5.41) is 12.0. The molecule has 0 saturated carbocycles. The van der Waals surface area contributed by atoms with Gasteiger partial charge in [-0.3, -0.25) is 15.0 Å². The summed E-state index contributed by atoms with van der Waals surface area (Å²) in [5.41, 5.74) is 7.73. The number of nitro groups is 1. The van der Waals surface area contributed by atoms with Gasteiger partial charge in [0.2, 0.25) is 11.6 Å². The van der Waals surface area contributed by atoms with Gasteiger partial charge in [0, 0.05) is 26.1 Å². The summed E-state index contributed by atoms with van der Waals surface area (Å²) in [6.45, 7) is 3.79. The third-order valence-corrected chi connectivity index (χ3v) is 5.57. The highest BCUT2D eigenvalue weighted by Crippen LogP contribution is 2.33. The van der Waals surface area contributed by atoms with Crippen molar-refractivity contribution in [1.29, 1.82) is 0 Å². The number of hydrogen-bond acceptors (Lipinski definition) is 9. The number of aromatic nitrogens is 2. The molecule has 1 aliphatic heterocycles. The lowest BCUT2D eigenvalue weighted by Gasteiger charge is -2.24. The van der Waals surface area contributed by atoms with Gasteiger partial charge in [0.15, 0.2) is 5.16 Å². The second kappa shape index (κ2) is 10.4. The summed E-state index contributed by atoms with van der Waals surface area (Å²) >= 11 is 1.26. The summed E-state index contributed by atoms with van der Waals surface area (Å²) in [6, 6.07) is 8.18. The van der Waals surface area contributed by atoms with Gasteiger partial charge in [0.1, 0.15) is 6.29 Å². The summed E-state index contributed by atoms with van der Waals surface area (Å²) in [6.07, 6.45) is 5.26. The Bertz CT molecular complexity index is 904. The summed E-state index contributed by atoms with van der Waals surface area (Å²) in [7, 11) is 0. The highest BCUT2D eigenvalue weighted by molar-refractivity contribution is 7.98. The van der Waals surface area contributed by atoms with Crippen LogP contribution in [-0.2, 0) is 17.9 Å². The fourth-order valence-corrected chi connectivity index (χ4v) is 4.01. The molecule has 0 aliphatic carbocycles. The van der Waals surface area contributed by atoms with Crippen molar-refractivity contribution in [3.8, 4) is 0 Å². The molecule has 1 aromatic heterocycles. The molecule has 0 amide bonds. The number of carbonyl (C=O) groups is 1. The number of rotatable bonds is 10. The Balaban J connectivity index is 1.91. The van der Waals surface area contributed by atoms with E-state index in [-0.39, 0.29) is 23.7 Å².